The van der Waals surface area contributed by atoms with Crippen LogP contribution in [0.2, 0.25) is 0 Å². The zero-order valence-electron chi connectivity index (χ0n) is 12.6. The zero-order valence-corrected chi connectivity index (χ0v) is 12.6. The fourth-order valence-electron chi connectivity index (χ4n) is 3.13. The lowest BCUT2D eigenvalue weighted by Crippen LogP contribution is -2.32. The number of aryl methyl sites for hydroxylation is 2. The molecule has 1 saturated heterocycles. The molecule has 1 N–H and O–H groups in total. The molecule has 1 amide bonds. The molecule has 20 heavy (non-hydrogen) atoms. The van der Waals surface area contributed by atoms with Crippen LogP contribution in [0.15, 0.2) is 18.2 Å². The molecule has 0 aromatic heterocycles. The van der Waals surface area contributed by atoms with Gasteiger partial charge in [-0.25, -0.2) is 0 Å². The molecule has 0 radical (unpaired) electrons. The second kappa shape index (κ2) is 5.21. The molecule has 0 spiro atoms. The monoisotopic (exact) mass is 272 g/mol. The Balaban J connectivity index is 1.82. The molecular weight excluding hydrogens is 248 g/mol. The number of nitrogens with zero attached hydrogens (tertiary/aromatic N) is 1. The van der Waals surface area contributed by atoms with Crippen molar-refractivity contribution < 1.29 is 4.79 Å². The minimum absolute atomic E-state index is 0.0526. The van der Waals surface area contributed by atoms with Gasteiger partial charge in [-0.05, 0) is 44.2 Å². The van der Waals surface area contributed by atoms with Gasteiger partial charge in [0.05, 0.1) is 6.04 Å². The Hall–Kier alpha value is -1.35. The Morgan fingerprint density at radius 3 is 2.70 bits per heavy atom. The van der Waals surface area contributed by atoms with Crippen LogP contribution >= 0.6 is 0 Å². The molecule has 1 heterocycles. The highest BCUT2D eigenvalue weighted by Crippen LogP contribution is 2.35. The van der Waals surface area contributed by atoms with Crippen LogP contribution in [-0.4, -0.2) is 23.4 Å². The number of carbonyl (C=O) groups is 1. The number of hydrogen-bond acceptors (Lipinski definition) is 2. The fraction of sp³-hybridized carbons (Fsp3) is 0.588. The van der Waals surface area contributed by atoms with Crippen molar-refractivity contribution in [1.82, 2.24) is 10.2 Å². The molecule has 3 heteroatoms. The van der Waals surface area contributed by atoms with Crippen molar-refractivity contribution in [3.8, 4) is 0 Å². The third-order valence-corrected chi connectivity index (χ3v) is 4.57. The second-order valence-corrected chi connectivity index (χ2v) is 6.41. The van der Waals surface area contributed by atoms with E-state index in [4.69, 9.17) is 0 Å². The predicted octanol–water partition coefficient (Wildman–Crippen LogP) is 2.92. The Morgan fingerprint density at radius 2 is 2.05 bits per heavy atom. The van der Waals surface area contributed by atoms with E-state index in [0.29, 0.717) is 0 Å². The van der Waals surface area contributed by atoms with Gasteiger partial charge in [-0.2, -0.15) is 0 Å². The smallest absolute Gasteiger partial charge is 0.241 e. The highest BCUT2D eigenvalue weighted by molar-refractivity contribution is 5.84. The maximum Gasteiger partial charge on any atom is 0.241 e. The maximum atomic E-state index is 12.4. The summed E-state index contributed by atoms with van der Waals surface area (Å²) in [5.41, 5.74) is 3.78. The van der Waals surface area contributed by atoms with E-state index in [9.17, 15) is 4.79 Å². The summed E-state index contributed by atoms with van der Waals surface area (Å²) in [5, 5.41) is 3.45. The molecule has 1 saturated carbocycles. The van der Waals surface area contributed by atoms with Crippen molar-refractivity contribution in [2.75, 3.05) is 6.54 Å². The zero-order chi connectivity index (χ0) is 14.3. The molecule has 3 rings (SSSR count). The van der Waals surface area contributed by atoms with Gasteiger partial charge >= 0.3 is 0 Å². The molecule has 1 aliphatic heterocycles. The molecule has 2 fully saturated rings. The molecule has 2 aliphatic rings. The Morgan fingerprint density at radius 1 is 1.30 bits per heavy atom. The summed E-state index contributed by atoms with van der Waals surface area (Å²) < 4.78 is 0. The Labute approximate surface area is 121 Å². The van der Waals surface area contributed by atoms with Crippen LogP contribution < -0.4 is 5.32 Å². The standard InChI is InChI=1S/C17H24N2O/c1-11-4-7-15(12(2)10-11)16-18-13(3)17(20)19(16)9-8-14-5-6-14/h4,7,10,13-14,16,18H,5-6,8-9H2,1-3H3. The Kier molecular flexibility index (Phi) is 3.55. The third kappa shape index (κ3) is 2.59. The van der Waals surface area contributed by atoms with Crippen LogP contribution in [0.3, 0.4) is 0 Å². The minimum Gasteiger partial charge on any atom is -0.322 e. The number of amides is 1. The summed E-state index contributed by atoms with van der Waals surface area (Å²) in [6.45, 7) is 7.10. The summed E-state index contributed by atoms with van der Waals surface area (Å²) in [7, 11) is 0. The van der Waals surface area contributed by atoms with Crippen LogP contribution in [0, 0.1) is 19.8 Å². The van der Waals surface area contributed by atoms with Crippen molar-refractivity contribution in [1.29, 1.82) is 0 Å². The molecule has 108 valence electrons. The highest BCUT2D eigenvalue weighted by Gasteiger charge is 2.38. The van der Waals surface area contributed by atoms with E-state index < -0.39 is 0 Å². The predicted molar refractivity (Wildman–Crippen MR) is 80.3 cm³/mol. The summed E-state index contributed by atoms with van der Waals surface area (Å²) in [5.74, 6) is 1.11. The number of carbonyl (C=O) groups excluding carboxylic acids is 1. The average Bonchev–Trinajstić information content (AvgIpc) is 3.17. The van der Waals surface area contributed by atoms with Gasteiger partial charge in [0.15, 0.2) is 0 Å². The molecule has 3 nitrogen and oxygen atoms in total. The van der Waals surface area contributed by atoms with E-state index >= 15 is 0 Å². The SMILES string of the molecule is Cc1ccc(C2NC(C)C(=O)N2CCC2CC2)c(C)c1. The lowest BCUT2D eigenvalue weighted by atomic mass is 10.0. The van der Waals surface area contributed by atoms with Crippen LogP contribution in [0.1, 0.15) is 49.0 Å². The molecule has 2 unspecified atom stereocenters. The number of rotatable bonds is 4. The number of nitrogens with one attached hydrogen (secondary N) is 1. The topological polar surface area (TPSA) is 32.3 Å². The third-order valence-electron chi connectivity index (χ3n) is 4.57. The van der Waals surface area contributed by atoms with Gasteiger partial charge in [-0.1, -0.05) is 36.6 Å². The van der Waals surface area contributed by atoms with E-state index in [2.05, 4.69) is 37.4 Å². The molecule has 1 aromatic carbocycles. The lowest BCUT2D eigenvalue weighted by molar-refractivity contribution is -0.129. The van der Waals surface area contributed by atoms with E-state index in [1.165, 1.54) is 29.5 Å². The molecule has 1 aliphatic carbocycles. The van der Waals surface area contributed by atoms with Crippen molar-refractivity contribution in [2.45, 2.75) is 52.2 Å². The van der Waals surface area contributed by atoms with E-state index in [0.717, 1.165) is 18.9 Å². The van der Waals surface area contributed by atoms with Crippen molar-refractivity contribution in [3.05, 3.63) is 34.9 Å². The summed E-state index contributed by atoms with van der Waals surface area (Å²) in [4.78, 5) is 14.4. The van der Waals surface area contributed by atoms with E-state index in [1.54, 1.807) is 0 Å². The van der Waals surface area contributed by atoms with E-state index in [-0.39, 0.29) is 18.1 Å². The molecule has 2 atom stereocenters. The lowest BCUT2D eigenvalue weighted by Gasteiger charge is -2.26. The van der Waals surface area contributed by atoms with Crippen LogP contribution in [0.4, 0.5) is 0 Å². The van der Waals surface area contributed by atoms with Gasteiger partial charge in [0.25, 0.3) is 0 Å². The van der Waals surface area contributed by atoms with Crippen LogP contribution in [0.25, 0.3) is 0 Å². The van der Waals surface area contributed by atoms with Gasteiger partial charge in [0.2, 0.25) is 5.91 Å². The average molecular weight is 272 g/mol. The van der Waals surface area contributed by atoms with Crippen molar-refractivity contribution >= 4 is 5.91 Å². The normalized spacial score (nSPS) is 26.4. The molecular formula is C17H24N2O. The fourth-order valence-corrected chi connectivity index (χ4v) is 3.13. The largest absolute Gasteiger partial charge is 0.322 e. The molecule has 0 bridgehead atoms. The first-order chi connectivity index (χ1) is 9.56. The number of benzene rings is 1. The maximum absolute atomic E-state index is 12.4. The van der Waals surface area contributed by atoms with Crippen molar-refractivity contribution in [2.24, 2.45) is 5.92 Å². The first-order valence-corrected chi connectivity index (χ1v) is 7.70. The second-order valence-electron chi connectivity index (χ2n) is 6.41. The van der Waals surface area contributed by atoms with Gasteiger partial charge in [-0.15, -0.1) is 0 Å². The number of hydrogen-bond donors (Lipinski definition) is 1. The van der Waals surface area contributed by atoms with Crippen LogP contribution in [-0.2, 0) is 4.79 Å². The molecule has 1 aromatic rings. The van der Waals surface area contributed by atoms with Gasteiger partial charge in [0, 0.05) is 6.54 Å². The summed E-state index contributed by atoms with van der Waals surface area (Å²) in [6.07, 6.45) is 3.90. The minimum atomic E-state index is -0.0695. The summed E-state index contributed by atoms with van der Waals surface area (Å²) in [6, 6.07) is 6.43. The van der Waals surface area contributed by atoms with Crippen LogP contribution in [0.5, 0.6) is 0 Å². The Bertz CT molecular complexity index is 522. The first kappa shape index (κ1) is 13.6. The van der Waals surface area contributed by atoms with Gasteiger partial charge < -0.3 is 4.90 Å². The van der Waals surface area contributed by atoms with Gasteiger partial charge in [0.1, 0.15) is 6.17 Å². The van der Waals surface area contributed by atoms with Crippen molar-refractivity contribution in [3.63, 3.8) is 0 Å². The highest BCUT2D eigenvalue weighted by atomic mass is 16.2. The van der Waals surface area contributed by atoms with E-state index in [1.807, 2.05) is 11.8 Å². The first-order valence-electron chi connectivity index (χ1n) is 7.70. The van der Waals surface area contributed by atoms with Gasteiger partial charge in [-0.3, -0.25) is 10.1 Å². The quantitative estimate of drug-likeness (QED) is 0.914. The summed E-state index contributed by atoms with van der Waals surface area (Å²) >= 11 is 0.